The Morgan fingerprint density at radius 3 is 2.80 bits per heavy atom. The summed E-state index contributed by atoms with van der Waals surface area (Å²) in [4.78, 5) is 27.2. The SMILES string of the molecule is Cn1cccc1C(=O)OCC(=O)Nc1ccc(Cl)cn1. The quantitative estimate of drug-likeness (QED) is 0.873. The number of nitrogens with one attached hydrogen (secondary N) is 1. The zero-order valence-corrected chi connectivity index (χ0v) is 11.4. The Bertz CT molecular complexity index is 622. The van der Waals surface area contributed by atoms with Crippen molar-refractivity contribution in [3.63, 3.8) is 0 Å². The zero-order chi connectivity index (χ0) is 14.5. The summed E-state index contributed by atoms with van der Waals surface area (Å²) in [6.45, 7) is -0.381. The minimum Gasteiger partial charge on any atom is -0.451 e. The lowest BCUT2D eigenvalue weighted by Gasteiger charge is -2.06. The number of rotatable bonds is 4. The van der Waals surface area contributed by atoms with Crippen LogP contribution in [0.5, 0.6) is 0 Å². The van der Waals surface area contributed by atoms with Crippen molar-refractivity contribution >= 4 is 29.3 Å². The lowest BCUT2D eigenvalue weighted by Crippen LogP contribution is -2.22. The Morgan fingerprint density at radius 2 is 2.20 bits per heavy atom. The first-order chi connectivity index (χ1) is 9.56. The number of carbonyl (C=O) groups excluding carboxylic acids is 2. The maximum Gasteiger partial charge on any atom is 0.355 e. The van der Waals surface area contributed by atoms with Crippen LogP contribution in [-0.2, 0) is 16.6 Å². The van der Waals surface area contributed by atoms with Gasteiger partial charge in [0.05, 0.1) is 5.02 Å². The highest BCUT2D eigenvalue weighted by molar-refractivity contribution is 6.30. The lowest BCUT2D eigenvalue weighted by molar-refractivity contribution is -0.119. The predicted octanol–water partition coefficient (Wildman–Crippen LogP) is 1.87. The van der Waals surface area contributed by atoms with Crippen molar-refractivity contribution < 1.29 is 14.3 Å². The van der Waals surface area contributed by atoms with E-state index in [0.717, 1.165) is 0 Å². The van der Waals surface area contributed by atoms with Crippen LogP contribution in [0.1, 0.15) is 10.5 Å². The molecule has 0 aromatic carbocycles. The van der Waals surface area contributed by atoms with Gasteiger partial charge in [-0.25, -0.2) is 9.78 Å². The fourth-order valence-electron chi connectivity index (χ4n) is 1.51. The van der Waals surface area contributed by atoms with Crippen LogP contribution in [0, 0.1) is 0 Å². The first kappa shape index (κ1) is 14.1. The van der Waals surface area contributed by atoms with Crippen LogP contribution in [0.4, 0.5) is 5.82 Å². The Balaban J connectivity index is 1.85. The van der Waals surface area contributed by atoms with E-state index < -0.39 is 11.9 Å². The van der Waals surface area contributed by atoms with Crippen LogP contribution in [0.2, 0.25) is 5.02 Å². The molecule has 2 heterocycles. The smallest absolute Gasteiger partial charge is 0.355 e. The maximum absolute atomic E-state index is 11.7. The average Bonchev–Trinajstić information content (AvgIpc) is 2.85. The Labute approximate surface area is 120 Å². The lowest BCUT2D eigenvalue weighted by atomic mass is 10.4. The van der Waals surface area contributed by atoms with Gasteiger partial charge in [-0.05, 0) is 24.3 Å². The second-order valence-corrected chi connectivity index (χ2v) is 4.43. The third-order valence-corrected chi connectivity index (χ3v) is 2.71. The molecule has 0 saturated heterocycles. The third-order valence-electron chi connectivity index (χ3n) is 2.48. The van der Waals surface area contributed by atoms with Crippen molar-refractivity contribution in [2.24, 2.45) is 7.05 Å². The summed E-state index contributed by atoms with van der Waals surface area (Å²) in [7, 11) is 1.72. The van der Waals surface area contributed by atoms with Gasteiger partial charge in [0.15, 0.2) is 6.61 Å². The predicted molar refractivity (Wildman–Crippen MR) is 73.6 cm³/mol. The van der Waals surface area contributed by atoms with Gasteiger partial charge in [-0.15, -0.1) is 0 Å². The molecule has 0 bridgehead atoms. The van der Waals surface area contributed by atoms with Gasteiger partial charge in [0.2, 0.25) is 0 Å². The Morgan fingerprint density at radius 1 is 1.40 bits per heavy atom. The van der Waals surface area contributed by atoms with Crippen LogP contribution in [0.15, 0.2) is 36.7 Å². The number of aryl methyl sites for hydroxylation is 1. The van der Waals surface area contributed by atoms with E-state index in [1.807, 2.05) is 0 Å². The number of nitrogens with zero attached hydrogens (tertiary/aromatic N) is 2. The van der Waals surface area contributed by atoms with Gasteiger partial charge >= 0.3 is 5.97 Å². The van der Waals surface area contributed by atoms with Gasteiger partial charge in [-0.2, -0.15) is 0 Å². The number of aromatic nitrogens is 2. The number of hydrogen-bond donors (Lipinski definition) is 1. The van der Waals surface area contributed by atoms with E-state index in [9.17, 15) is 9.59 Å². The van der Waals surface area contributed by atoms with Gasteiger partial charge in [0.25, 0.3) is 5.91 Å². The van der Waals surface area contributed by atoms with Crippen molar-refractivity contribution in [1.29, 1.82) is 0 Å². The molecule has 104 valence electrons. The first-order valence-corrected chi connectivity index (χ1v) is 6.14. The third kappa shape index (κ3) is 3.58. The minimum atomic E-state index is -0.559. The largest absolute Gasteiger partial charge is 0.451 e. The number of esters is 1. The molecule has 2 aromatic rings. The van der Waals surface area contributed by atoms with Crippen molar-refractivity contribution in [3.05, 3.63) is 47.4 Å². The van der Waals surface area contributed by atoms with Gasteiger partial charge < -0.3 is 14.6 Å². The van der Waals surface area contributed by atoms with E-state index in [2.05, 4.69) is 10.3 Å². The summed E-state index contributed by atoms with van der Waals surface area (Å²) in [6.07, 6.45) is 3.13. The fraction of sp³-hybridized carbons (Fsp3) is 0.154. The Kier molecular flexibility index (Phi) is 4.37. The molecule has 0 atom stereocenters. The zero-order valence-electron chi connectivity index (χ0n) is 10.7. The number of pyridine rings is 1. The van der Waals surface area contributed by atoms with Crippen LogP contribution in [-0.4, -0.2) is 28.0 Å². The van der Waals surface area contributed by atoms with E-state index in [0.29, 0.717) is 16.5 Å². The molecular formula is C13H12ClN3O3. The molecule has 1 N–H and O–H groups in total. The summed E-state index contributed by atoms with van der Waals surface area (Å²) in [5.74, 6) is -0.687. The summed E-state index contributed by atoms with van der Waals surface area (Å²) < 4.78 is 6.51. The van der Waals surface area contributed by atoms with Crippen LogP contribution in [0.25, 0.3) is 0 Å². The molecule has 0 unspecified atom stereocenters. The number of amides is 1. The van der Waals surface area contributed by atoms with Gasteiger partial charge in [0.1, 0.15) is 11.5 Å². The number of ether oxygens (including phenoxy) is 1. The van der Waals surface area contributed by atoms with Crippen molar-refractivity contribution in [2.75, 3.05) is 11.9 Å². The molecule has 2 rings (SSSR count). The van der Waals surface area contributed by atoms with Crippen LogP contribution in [0.3, 0.4) is 0 Å². The molecule has 0 aliphatic rings. The standard InChI is InChI=1S/C13H12ClN3O3/c1-17-6-2-3-10(17)13(19)20-8-12(18)16-11-5-4-9(14)7-15-11/h2-7H,8H2,1H3,(H,15,16,18). The average molecular weight is 294 g/mol. The summed E-state index contributed by atoms with van der Waals surface area (Å²) in [6, 6.07) is 6.48. The molecule has 0 spiro atoms. The highest BCUT2D eigenvalue weighted by Crippen LogP contribution is 2.09. The van der Waals surface area contributed by atoms with E-state index in [1.165, 1.54) is 6.20 Å². The molecule has 0 radical (unpaired) electrons. The fourth-order valence-corrected chi connectivity index (χ4v) is 1.62. The van der Waals surface area contributed by atoms with Gasteiger partial charge in [0, 0.05) is 19.4 Å². The molecule has 20 heavy (non-hydrogen) atoms. The minimum absolute atomic E-state index is 0.342. The van der Waals surface area contributed by atoms with Gasteiger partial charge in [-0.3, -0.25) is 4.79 Å². The normalized spacial score (nSPS) is 10.1. The summed E-state index contributed by atoms with van der Waals surface area (Å²) in [5, 5.41) is 2.96. The van der Waals surface area contributed by atoms with Gasteiger partial charge in [-0.1, -0.05) is 11.6 Å². The van der Waals surface area contributed by atoms with Crippen molar-refractivity contribution in [1.82, 2.24) is 9.55 Å². The molecule has 0 saturated carbocycles. The molecule has 1 amide bonds. The summed E-state index contributed by atoms with van der Waals surface area (Å²) >= 11 is 5.68. The first-order valence-electron chi connectivity index (χ1n) is 5.76. The van der Waals surface area contributed by atoms with Crippen molar-refractivity contribution in [3.8, 4) is 0 Å². The Hall–Kier alpha value is -2.34. The van der Waals surface area contributed by atoms with E-state index >= 15 is 0 Å². The second-order valence-electron chi connectivity index (χ2n) is 3.99. The molecule has 2 aromatic heterocycles. The van der Waals surface area contributed by atoms with Crippen molar-refractivity contribution in [2.45, 2.75) is 0 Å². The number of carbonyl (C=O) groups is 2. The molecular weight excluding hydrogens is 282 g/mol. The number of hydrogen-bond acceptors (Lipinski definition) is 4. The molecule has 0 aliphatic heterocycles. The monoisotopic (exact) mass is 293 g/mol. The van der Waals surface area contributed by atoms with Crippen LogP contribution >= 0.6 is 11.6 Å². The topological polar surface area (TPSA) is 73.2 Å². The van der Waals surface area contributed by atoms with E-state index in [-0.39, 0.29) is 6.61 Å². The summed E-state index contributed by atoms with van der Waals surface area (Å²) in [5.41, 5.74) is 0.377. The number of halogens is 1. The number of anilines is 1. The highest BCUT2D eigenvalue weighted by Gasteiger charge is 2.12. The maximum atomic E-state index is 11.7. The highest BCUT2D eigenvalue weighted by atomic mass is 35.5. The molecule has 0 aliphatic carbocycles. The molecule has 6 nitrogen and oxygen atoms in total. The second kappa shape index (κ2) is 6.21. The van der Waals surface area contributed by atoms with E-state index in [1.54, 1.807) is 42.1 Å². The van der Waals surface area contributed by atoms with Crippen LogP contribution < -0.4 is 5.32 Å². The van der Waals surface area contributed by atoms with E-state index in [4.69, 9.17) is 16.3 Å². The molecule has 0 fully saturated rings. The molecule has 7 heteroatoms.